The maximum atomic E-state index is 12.5. The number of fused-ring (bicyclic) bond motifs is 1. The van der Waals surface area contributed by atoms with E-state index in [4.69, 9.17) is 13.0 Å². The lowest BCUT2D eigenvalue weighted by Crippen LogP contribution is -3.61. The van der Waals surface area contributed by atoms with Crippen LogP contribution in [0.5, 0.6) is 0 Å². The monoisotopic (exact) mass is 620 g/mol. The van der Waals surface area contributed by atoms with Gasteiger partial charge >= 0.3 is 26.7 Å². The van der Waals surface area contributed by atoms with Crippen molar-refractivity contribution in [3.63, 3.8) is 0 Å². The largest absolute Gasteiger partial charge is 0.741 e. The molecule has 0 spiro atoms. The fourth-order valence-corrected chi connectivity index (χ4v) is 5.69. The van der Waals surface area contributed by atoms with Gasteiger partial charge in [-0.15, -0.1) is 0 Å². The van der Waals surface area contributed by atoms with Gasteiger partial charge in [-0.2, -0.15) is 13.2 Å². The Morgan fingerprint density at radius 2 is 1.59 bits per heavy atom. The number of anilines is 1. The average Bonchev–Trinajstić information content (AvgIpc) is 3.15. The number of rotatable bonds is 4. The second-order valence-corrected chi connectivity index (χ2v) is 12.2. The van der Waals surface area contributed by atoms with Crippen molar-refractivity contribution < 1.29 is 52.1 Å². The number of aromatic nitrogens is 1. The third-order valence-electron chi connectivity index (χ3n) is 4.11. The zero-order valence-electron chi connectivity index (χ0n) is 17.3. The summed E-state index contributed by atoms with van der Waals surface area (Å²) in [5.74, 6) is -0.120. The highest BCUT2D eigenvalue weighted by Gasteiger charge is 2.36. The molecule has 1 N–H and O–H groups in total. The molecular weight excluding hydrogens is 604 g/mol. The number of aryl methyl sites for hydroxylation is 1. The number of hydrogen-bond acceptors (Lipinski definition) is 6. The SMILES string of the molecule is Cc1ccc2nc(NC(=O)c3ccc([I+]c4ccccc4)cc3)sc2c1.O=S(=O)([O-])C(F)(F)F. The number of amides is 1. The van der Waals surface area contributed by atoms with E-state index in [1.54, 1.807) is 0 Å². The highest BCUT2D eigenvalue weighted by molar-refractivity contribution is 7.86. The number of hydrogen-bond donors (Lipinski definition) is 1. The van der Waals surface area contributed by atoms with Crippen molar-refractivity contribution in [2.24, 2.45) is 0 Å². The second-order valence-electron chi connectivity index (χ2n) is 6.74. The molecule has 0 aliphatic heterocycles. The van der Waals surface area contributed by atoms with Gasteiger partial charge in [0.05, 0.1) is 10.2 Å². The smallest absolute Gasteiger partial charge is 0.485 e. The Morgan fingerprint density at radius 1 is 1.00 bits per heavy atom. The molecular formula is C22H16F3IN2O4S2. The maximum absolute atomic E-state index is 12.5. The molecule has 1 heterocycles. The standard InChI is InChI=1S/C21H15IN2OS.CHF3O3S/c1-14-7-12-18-19(13-14)26-21(23-18)24-20(25)15-8-10-17(11-9-15)22-16-5-3-2-4-6-16;2-1(3,4)8(5,6)7/h2-13H,1H3;(H,5,6,7). The fraction of sp³-hybridized carbons (Fsp3) is 0.0909. The van der Waals surface area contributed by atoms with Crippen LogP contribution in [0.15, 0.2) is 72.8 Å². The summed E-state index contributed by atoms with van der Waals surface area (Å²) in [4.78, 5) is 17.0. The normalized spacial score (nSPS) is 11.6. The molecule has 0 aliphatic carbocycles. The van der Waals surface area contributed by atoms with Crippen LogP contribution in [-0.4, -0.2) is 29.4 Å². The summed E-state index contributed by atoms with van der Waals surface area (Å²) in [6.45, 7) is 2.05. The molecule has 1 amide bonds. The van der Waals surface area contributed by atoms with Gasteiger partial charge in [0.1, 0.15) is 0 Å². The molecule has 0 unspecified atom stereocenters. The van der Waals surface area contributed by atoms with Crippen LogP contribution in [0.4, 0.5) is 18.3 Å². The van der Waals surface area contributed by atoms with Gasteiger partial charge in [0.15, 0.2) is 22.4 Å². The Labute approximate surface area is 207 Å². The Bertz CT molecular complexity index is 1390. The van der Waals surface area contributed by atoms with Crippen molar-refractivity contribution >= 4 is 42.7 Å². The number of carbonyl (C=O) groups is 1. The molecule has 178 valence electrons. The average molecular weight is 620 g/mol. The predicted octanol–water partition coefficient (Wildman–Crippen LogP) is 2.04. The summed E-state index contributed by atoms with van der Waals surface area (Å²) in [5.41, 5.74) is -2.89. The van der Waals surface area contributed by atoms with E-state index in [-0.39, 0.29) is 27.1 Å². The highest BCUT2D eigenvalue weighted by Crippen LogP contribution is 2.27. The van der Waals surface area contributed by atoms with Crippen LogP contribution in [0.2, 0.25) is 0 Å². The first-order chi connectivity index (χ1) is 15.9. The van der Waals surface area contributed by atoms with Gasteiger partial charge in [-0.25, -0.2) is 13.4 Å². The molecule has 0 aliphatic rings. The summed E-state index contributed by atoms with van der Waals surface area (Å²) in [6, 6.07) is 24.5. The molecule has 4 rings (SSSR count). The first kappa shape index (κ1) is 26.1. The lowest BCUT2D eigenvalue weighted by atomic mass is 10.2. The van der Waals surface area contributed by atoms with Gasteiger partial charge < -0.3 is 4.55 Å². The van der Waals surface area contributed by atoms with Crippen LogP contribution in [0.1, 0.15) is 15.9 Å². The Kier molecular flexibility index (Phi) is 8.28. The summed E-state index contributed by atoms with van der Waals surface area (Å²) < 4.78 is 62.7. The summed E-state index contributed by atoms with van der Waals surface area (Å²) in [5, 5.41) is 3.55. The van der Waals surface area contributed by atoms with Crippen LogP contribution < -0.4 is 26.5 Å². The van der Waals surface area contributed by atoms with Crippen LogP contribution in [0.3, 0.4) is 0 Å². The third-order valence-corrected chi connectivity index (χ3v) is 8.29. The molecule has 12 heteroatoms. The Balaban J connectivity index is 0.000000350. The molecule has 0 bridgehead atoms. The zero-order valence-corrected chi connectivity index (χ0v) is 21.1. The quantitative estimate of drug-likeness (QED) is 0.214. The minimum atomic E-state index is -6.09. The number of halogens is 4. The molecule has 0 fully saturated rings. The van der Waals surface area contributed by atoms with Crippen molar-refractivity contribution in [3.8, 4) is 0 Å². The summed E-state index contributed by atoms with van der Waals surface area (Å²) in [7, 11) is -6.09. The first-order valence-electron chi connectivity index (χ1n) is 9.43. The van der Waals surface area contributed by atoms with Gasteiger partial charge in [0.2, 0.25) is 0 Å². The highest BCUT2D eigenvalue weighted by atomic mass is 127. The Morgan fingerprint density at radius 3 is 2.18 bits per heavy atom. The van der Waals surface area contributed by atoms with Crippen molar-refractivity contribution in [1.29, 1.82) is 0 Å². The van der Waals surface area contributed by atoms with Gasteiger partial charge in [0.25, 0.3) is 5.91 Å². The van der Waals surface area contributed by atoms with Crippen molar-refractivity contribution in [3.05, 3.63) is 91.1 Å². The zero-order chi connectivity index (χ0) is 24.9. The van der Waals surface area contributed by atoms with Crippen LogP contribution in [0, 0.1) is 14.1 Å². The van der Waals surface area contributed by atoms with Gasteiger partial charge in [-0.1, -0.05) is 35.6 Å². The lowest BCUT2D eigenvalue weighted by molar-refractivity contribution is -0.597. The van der Waals surface area contributed by atoms with Crippen LogP contribution in [-0.2, 0) is 10.1 Å². The van der Waals surface area contributed by atoms with E-state index >= 15 is 0 Å². The number of carbonyl (C=O) groups excluding carboxylic acids is 1. The second kappa shape index (κ2) is 10.8. The van der Waals surface area contributed by atoms with Crippen LogP contribution in [0.25, 0.3) is 10.2 Å². The first-order valence-corrected chi connectivity index (χ1v) is 13.8. The fourth-order valence-electron chi connectivity index (χ4n) is 2.52. The van der Waals surface area contributed by atoms with Crippen molar-refractivity contribution in [2.45, 2.75) is 12.4 Å². The molecule has 0 saturated heterocycles. The van der Waals surface area contributed by atoms with E-state index in [0.29, 0.717) is 10.7 Å². The molecule has 0 atom stereocenters. The van der Waals surface area contributed by atoms with E-state index in [1.807, 2.05) is 30.3 Å². The third kappa shape index (κ3) is 7.22. The summed E-state index contributed by atoms with van der Waals surface area (Å²) >= 11 is 1.29. The molecule has 3 aromatic carbocycles. The number of nitrogens with zero attached hydrogens (tertiary/aromatic N) is 1. The number of alkyl halides is 3. The van der Waals surface area contributed by atoms with Gasteiger partial charge in [-0.05, 0) is 61.0 Å². The van der Waals surface area contributed by atoms with E-state index in [0.717, 1.165) is 10.2 Å². The maximum Gasteiger partial charge on any atom is 0.485 e. The van der Waals surface area contributed by atoms with E-state index < -0.39 is 15.6 Å². The number of thiazole rings is 1. The number of nitrogens with one attached hydrogen (secondary N) is 1. The van der Waals surface area contributed by atoms with E-state index in [2.05, 4.69) is 59.7 Å². The topological polar surface area (TPSA) is 99.2 Å². The molecule has 6 nitrogen and oxygen atoms in total. The van der Waals surface area contributed by atoms with Crippen LogP contribution >= 0.6 is 11.3 Å². The molecule has 0 saturated carbocycles. The molecule has 0 radical (unpaired) electrons. The molecule has 1 aromatic heterocycles. The number of benzene rings is 3. The van der Waals surface area contributed by atoms with E-state index in [1.165, 1.54) is 24.0 Å². The predicted molar refractivity (Wildman–Crippen MR) is 118 cm³/mol. The van der Waals surface area contributed by atoms with Crippen molar-refractivity contribution in [1.82, 2.24) is 4.98 Å². The molecule has 4 aromatic rings. The minimum absolute atomic E-state index is 0.120. The lowest BCUT2D eigenvalue weighted by Gasteiger charge is -2.08. The van der Waals surface area contributed by atoms with Gasteiger partial charge in [-0.3, -0.25) is 10.1 Å². The minimum Gasteiger partial charge on any atom is -0.741 e. The summed E-state index contributed by atoms with van der Waals surface area (Å²) in [6.07, 6.45) is 0. The van der Waals surface area contributed by atoms with E-state index in [9.17, 15) is 18.0 Å². The van der Waals surface area contributed by atoms with Gasteiger partial charge in [0, 0.05) is 5.56 Å². The van der Waals surface area contributed by atoms with Crippen molar-refractivity contribution in [2.75, 3.05) is 5.32 Å². The Hall–Kier alpha value is -2.55. The molecule has 34 heavy (non-hydrogen) atoms.